The third kappa shape index (κ3) is 3.04. The van der Waals surface area contributed by atoms with Gasteiger partial charge in [0.1, 0.15) is 0 Å². The number of nitrogens with one attached hydrogen (secondary N) is 1. The molecule has 0 spiro atoms. The first kappa shape index (κ1) is 12.4. The average molecular weight is 265 g/mol. The molecule has 18 heavy (non-hydrogen) atoms. The van der Waals surface area contributed by atoms with Crippen LogP contribution >= 0.6 is 11.3 Å². The summed E-state index contributed by atoms with van der Waals surface area (Å²) in [7, 11) is 2.19. The lowest BCUT2D eigenvalue weighted by Crippen LogP contribution is -2.19. The Morgan fingerprint density at radius 1 is 1.33 bits per heavy atom. The van der Waals surface area contributed by atoms with E-state index in [0.717, 1.165) is 24.9 Å². The molecule has 3 rings (SSSR count). The molecule has 100 valence electrons. The van der Waals surface area contributed by atoms with Crippen LogP contribution in [-0.4, -0.2) is 24.6 Å². The van der Waals surface area contributed by atoms with Crippen LogP contribution in [0, 0.1) is 5.92 Å². The number of aromatic nitrogens is 1. The van der Waals surface area contributed by atoms with E-state index in [4.69, 9.17) is 4.98 Å². The van der Waals surface area contributed by atoms with Gasteiger partial charge in [-0.05, 0) is 38.0 Å². The Labute approximate surface area is 114 Å². The van der Waals surface area contributed by atoms with E-state index in [1.54, 1.807) is 0 Å². The van der Waals surface area contributed by atoms with Gasteiger partial charge in [-0.25, -0.2) is 4.98 Å². The molecule has 2 saturated carbocycles. The Kier molecular flexibility index (Phi) is 3.57. The Bertz CT molecular complexity index is 407. The van der Waals surface area contributed by atoms with Gasteiger partial charge in [0.15, 0.2) is 5.13 Å². The van der Waals surface area contributed by atoms with Crippen LogP contribution in [0.4, 0.5) is 5.13 Å². The highest BCUT2D eigenvalue weighted by molar-refractivity contribution is 7.15. The van der Waals surface area contributed by atoms with Gasteiger partial charge in [0.2, 0.25) is 0 Å². The van der Waals surface area contributed by atoms with E-state index in [1.165, 1.54) is 47.9 Å². The van der Waals surface area contributed by atoms with Gasteiger partial charge in [0.05, 0.1) is 5.69 Å². The van der Waals surface area contributed by atoms with Crippen molar-refractivity contribution in [3.8, 4) is 0 Å². The third-order valence-corrected chi connectivity index (χ3v) is 5.00. The van der Waals surface area contributed by atoms with Crippen LogP contribution in [0.2, 0.25) is 0 Å². The van der Waals surface area contributed by atoms with Gasteiger partial charge < -0.3 is 10.2 Å². The van der Waals surface area contributed by atoms with E-state index < -0.39 is 0 Å². The molecule has 2 fully saturated rings. The second-order valence-electron chi connectivity index (χ2n) is 5.70. The fourth-order valence-corrected chi connectivity index (χ4v) is 3.31. The van der Waals surface area contributed by atoms with Crippen LogP contribution in [-0.2, 0) is 13.0 Å². The zero-order chi connectivity index (χ0) is 12.5. The maximum absolute atomic E-state index is 4.81. The van der Waals surface area contributed by atoms with Crippen molar-refractivity contribution in [1.82, 2.24) is 10.3 Å². The Morgan fingerprint density at radius 2 is 2.11 bits per heavy atom. The summed E-state index contributed by atoms with van der Waals surface area (Å²) in [5, 5.41) is 4.82. The number of hydrogen-bond donors (Lipinski definition) is 1. The Hall–Kier alpha value is -0.610. The maximum Gasteiger partial charge on any atom is 0.185 e. The predicted molar refractivity (Wildman–Crippen MR) is 77.3 cm³/mol. The van der Waals surface area contributed by atoms with E-state index >= 15 is 0 Å². The second kappa shape index (κ2) is 5.17. The van der Waals surface area contributed by atoms with E-state index in [0.29, 0.717) is 0 Å². The lowest BCUT2D eigenvalue weighted by Gasteiger charge is -2.14. The predicted octanol–water partition coefficient (Wildman–Crippen LogP) is 2.80. The van der Waals surface area contributed by atoms with Crippen molar-refractivity contribution in [3.05, 3.63) is 10.6 Å². The van der Waals surface area contributed by atoms with Gasteiger partial charge >= 0.3 is 0 Å². The van der Waals surface area contributed by atoms with Crippen molar-refractivity contribution in [1.29, 1.82) is 0 Å². The van der Waals surface area contributed by atoms with Crippen molar-refractivity contribution in [2.24, 2.45) is 5.92 Å². The van der Waals surface area contributed by atoms with Crippen molar-refractivity contribution >= 4 is 16.5 Å². The number of nitrogens with zero attached hydrogens (tertiary/aromatic N) is 2. The highest BCUT2D eigenvalue weighted by Gasteiger charge is 2.25. The lowest BCUT2D eigenvalue weighted by atomic mass is 10.3. The van der Waals surface area contributed by atoms with E-state index in [1.807, 2.05) is 11.3 Å². The maximum atomic E-state index is 4.81. The molecule has 2 aliphatic carbocycles. The summed E-state index contributed by atoms with van der Waals surface area (Å²) in [6.07, 6.45) is 6.58. The number of anilines is 1. The number of hydrogen-bond acceptors (Lipinski definition) is 4. The number of rotatable bonds is 7. The molecule has 4 heteroatoms. The van der Waals surface area contributed by atoms with E-state index in [2.05, 4.69) is 24.2 Å². The smallest absolute Gasteiger partial charge is 0.185 e. The molecule has 0 radical (unpaired) electrons. The van der Waals surface area contributed by atoms with Crippen LogP contribution in [0.3, 0.4) is 0 Å². The Balaban J connectivity index is 1.65. The number of thiazole rings is 1. The molecule has 0 bridgehead atoms. The van der Waals surface area contributed by atoms with Gasteiger partial charge in [-0.15, -0.1) is 11.3 Å². The summed E-state index contributed by atoms with van der Waals surface area (Å²) in [6, 6.07) is 0.782. The van der Waals surface area contributed by atoms with Crippen molar-refractivity contribution in [2.45, 2.75) is 51.6 Å². The van der Waals surface area contributed by atoms with Gasteiger partial charge in [0.25, 0.3) is 0 Å². The molecule has 0 unspecified atom stereocenters. The van der Waals surface area contributed by atoms with Gasteiger partial charge in [-0.2, -0.15) is 0 Å². The average Bonchev–Trinajstić information content (AvgIpc) is 3.27. The minimum Gasteiger partial charge on any atom is -0.351 e. The van der Waals surface area contributed by atoms with Crippen molar-refractivity contribution in [2.75, 3.05) is 18.5 Å². The molecule has 1 aromatic heterocycles. The lowest BCUT2D eigenvalue weighted by molar-refractivity contribution is 0.689. The van der Waals surface area contributed by atoms with Crippen LogP contribution in [0.25, 0.3) is 0 Å². The van der Waals surface area contributed by atoms with Crippen LogP contribution in [0.5, 0.6) is 0 Å². The summed E-state index contributed by atoms with van der Waals surface area (Å²) in [5.74, 6) is 0.928. The standard InChI is InChI=1S/C14H23N3S/c1-3-12-13(8-15-11-6-7-11)18-14(16-12)17(2)9-10-4-5-10/h10-11,15H,3-9H2,1-2H3. The first-order valence-corrected chi connectivity index (χ1v) is 8.01. The fourth-order valence-electron chi connectivity index (χ4n) is 2.24. The van der Waals surface area contributed by atoms with Crippen molar-refractivity contribution < 1.29 is 0 Å². The minimum atomic E-state index is 0.782. The molecule has 2 aliphatic rings. The quantitative estimate of drug-likeness (QED) is 0.821. The van der Waals surface area contributed by atoms with E-state index in [9.17, 15) is 0 Å². The van der Waals surface area contributed by atoms with Crippen LogP contribution < -0.4 is 10.2 Å². The fraction of sp³-hybridized carbons (Fsp3) is 0.786. The van der Waals surface area contributed by atoms with Gasteiger partial charge in [-0.1, -0.05) is 6.92 Å². The summed E-state index contributed by atoms with van der Waals surface area (Å²) in [4.78, 5) is 8.61. The highest BCUT2D eigenvalue weighted by Crippen LogP contribution is 2.33. The summed E-state index contributed by atoms with van der Waals surface area (Å²) < 4.78 is 0. The molecule has 3 nitrogen and oxygen atoms in total. The molecular weight excluding hydrogens is 242 g/mol. The zero-order valence-corrected chi connectivity index (χ0v) is 12.2. The zero-order valence-electron chi connectivity index (χ0n) is 11.4. The van der Waals surface area contributed by atoms with Crippen LogP contribution in [0.1, 0.15) is 43.2 Å². The Morgan fingerprint density at radius 3 is 2.72 bits per heavy atom. The molecular formula is C14H23N3S. The second-order valence-corrected chi connectivity index (χ2v) is 6.76. The number of aryl methyl sites for hydroxylation is 1. The molecule has 0 aliphatic heterocycles. The van der Waals surface area contributed by atoms with Gasteiger partial charge in [-0.3, -0.25) is 0 Å². The van der Waals surface area contributed by atoms with E-state index in [-0.39, 0.29) is 0 Å². The summed E-state index contributed by atoms with van der Waals surface area (Å²) in [6.45, 7) is 4.41. The van der Waals surface area contributed by atoms with Crippen LogP contribution in [0.15, 0.2) is 0 Å². The molecule has 1 aromatic rings. The highest BCUT2D eigenvalue weighted by atomic mass is 32.1. The SMILES string of the molecule is CCc1nc(N(C)CC2CC2)sc1CNC1CC1. The molecule has 0 amide bonds. The summed E-state index contributed by atoms with van der Waals surface area (Å²) in [5.41, 5.74) is 1.30. The van der Waals surface area contributed by atoms with Gasteiger partial charge in [0, 0.05) is 31.1 Å². The molecule has 1 heterocycles. The molecule has 0 atom stereocenters. The third-order valence-electron chi connectivity index (χ3n) is 3.79. The summed E-state index contributed by atoms with van der Waals surface area (Å²) >= 11 is 1.88. The first-order chi connectivity index (χ1) is 8.76. The molecule has 0 aromatic carbocycles. The largest absolute Gasteiger partial charge is 0.351 e. The monoisotopic (exact) mass is 265 g/mol. The van der Waals surface area contributed by atoms with Crippen molar-refractivity contribution in [3.63, 3.8) is 0 Å². The first-order valence-electron chi connectivity index (χ1n) is 7.19. The molecule has 1 N–H and O–H groups in total. The molecule has 0 saturated heterocycles. The topological polar surface area (TPSA) is 28.2 Å². The normalized spacial score (nSPS) is 19.2. The minimum absolute atomic E-state index is 0.782.